The fraction of sp³-hybridized carbons (Fsp3) is 0.261. The van der Waals surface area contributed by atoms with Crippen molar-refractivity contribution in [2.45, 2.75) is 12.8 Å². The maximum atomic E-state index is 12.6. The molecular formula is C23H24N4O2. The van der Waals surface area contributed by atoms with Crippen LogP contribution in [-0.2, 0) is 4.79 Å². The topological polar surface area (TPSA) is 67.3 Å². The predicted molar refractivity (Wildman–Crippen MR) is 114 cm³/mol. The first-order chi connectivity index (χ1) is 14.2. The molecule has 0 aliphatic carbocycles. The Balaban J connectivity index is 1.33. The first-order valence-corrected chi connectivity index (χ1v) is 9.82. The molecule has 2 aromatic carbocycles. The standard InChI is InChI=1S/C23H24N4O2/c1-29-20-9-5-8-19(16-20)24-23(28)18-12-14-27(15-13-18)22-11-10-21(25-26-22)17-6-3-2-4-7-17/h2-11,16,18H,12-15H2,1H3,(H,24,28). The lowest BCUT2D eigenvalue weighted by molar-refractivity contribution is -0.120. The summed E-state index contributed by atoms with van der Waals surface area (Å²) in [5.41, 5.74) is 2.68. The summed E-state index contributed by atoms with van der Waals surface area (Å²) in [4.78, 5) is 14.8. The SMILES string of the molecule is COc1cccc(NC(=O)C2CCN(c3ccc(-c4ccccc4)nn3)CC2)c1. The van der Waals surface area contributed by atoms with Gasteiger partial charge >= 0.3 is 0 Å². The fourth-order valence-electron chi connectivity index (χ4n) is 3.57. The Morgan fingerprint density at radius 1 is 1.00 bits per heavy atom. The number of anilines is 2. The molecule has 1 aromatic heterocycles. The highest BCUT2D eigenvalue weighted by Gasteiger charge is 2.26. The molecule has 0 saturated carbocycles. The summed E-state index contributed by atoms with van der Waals surface area (Å²) < 4.78 is 5.21. The third-order valence-corrected chi connectivity index (χ3v) is 5.25. The van der Waals surface area contributed by atoms with Gasteiger partial charge in [-0.25, -0.2) is 0 Å². The van der Waals surface area contributed by atoms with Crippen LogP contribution in [0.3, 0.4) is 0 Å². The molecule has 1 aliphatic heterocycles. The van der Waals surface area contributed by atoms with Crippen molar-refractivity contribution in [3.05, 3.63) is 66.7 Å². The van der Waals surface area contributed by atoms with E-state index in [2.05, 4.69) is 20.4 Å². The Morgan fingerprint density at radius 2 is 1.79 bits per heavy atom. The Hall–Kier alpha value is -3.41. The van der Waals surface area contributed by atoms with E-state index in [1.54, 1.807) is 7.11 Å². The van der Waals surface area contributed by atoms with Gasteiger partial charge in [-0.2, -0.15) is 0 Å². The van der Waals surface area contributed by atoms with Gasteiger partial charge in [0.25, 0.3) is 0 Å². The molecule has 148 valence electrons. The Bertz CT molecular complexity index is 952. The van der Waals surface area contributed by atoms with E-state index in [-0.39, 0.29) is 11.8 Å². The summed E-state index contributed by atoms with van der Waals surface area (Å²) in [5, 5.41) is 11.8. The molecule has 0 spiro atoms. The first kappa shape index (κ1) is 18.9. The van der Waals surface area contributed by atoms with Crippen LogP contribution in [0.25, 0.3) is 11.3 Å². The molecule has 1 N–H and O–H groups in total. The van der Waals surface area contributed by atoms with Crippen LogP contribution in [0.4, 0.5) is 11.5 Å². The van der Waals surface area contributed by atoms with E-state index in [9.17, 15) is 4.79 Å². The molecule has 29 heavy (non-hydrogen) atoms. The van der Waals surface area contributed by atoms with Crippen molar-refractivity contribution in [2.75, 3.05) is 30.4 Å². The number of hydrogen-bond donors (Lipinski definition) is 1. The first-order valence-electron chi connectivity index (χ1n) is 9.82. The van der Waals surface area contributed by atoms with Gasteiger partial charge in [0.1, 0.15) is 5.75 Å². The third-order valence-electron chi connectivity index (χ3n) is 5.25. The van der Waals surface area contributed by atoms with Crippen molar-refractivity contribution in [1.82, 2.24) is 10.2 Å². The molecule has 0 atom stereocenters. The summed E-state index contributed by atoms with van der Waals surface area (Å²) in [5.74, 6) is 1.64. The highest BCUT2D eigenvalue weighted by molar-refractivity contribution is 5.92. The van der Waals surface area contributed by atoms with Crippen molar-refractivity contribution in [2.24, 2.45) is 5.92 Å². The number of nitrogens with one attached hydrogen (secondary N) is 1. The molecule has 0 unspecified atom stereocenters. The van der Waals surface area contributed by atoms with Gasteiger partial charge in [0.05, 0.1) is 12.8 Å². The number of benzene rings is 2. The number of carbonyl (C=O) groups excluding carboxylic acids is 1. The van der Waals surface area contributed by atoms with Crippen molar-refractivity contribution in [1.29, 1.82) is 0 Å². The zero-order chi connectivity index (χ0) is 20.1. The Morgan fingerprint density at radius 3 is 2.48 bits per heavy atom. The molecule has 4 rings (SSSR count). The lowest BCUT2D eigenvalue weighted by Crippen LogP contribution is -2.38. The van der Waals surface area contributed by atoms with Crippen LogP contribution in [0.1, 0.15) is 12.8 Å². The average Bonchev–Trinajstić information content (AvgIpc) is 2.80. The zero-order valence-electron chi connectivity index (χ0n) is 16.4. The summed E-state index contributed by atoms with van der Waals surface area (Å²) in [6.45, 7) is 1.57. The largest absolute Gasteiger partial charge is 0.497 e. The lowest BCUT2D eigenvalue weighted by Gasteiger charge is -2.31. The van der Waals surface area contributed by atoms with E-state index in [0.29, 0.717) is 0 Å². The molecule has 2 heterocycles. The van der Waals surface area contributed by atoms with Crippen LogP contribution in [0.5, 0.6) is 5.75 Å². The normalized spacial score (nSPS) is 14.4. The zero-order valence-corrected chi connectivity index (χ0v) is 16.4. The van der Waals surface area contributed by atoms with E-state index < -0.39 is 0 Å². The van der Waals surface area contributed by atoms with Gasteiger partial charge in [0, 0.05) is 36.3 Å². The van der Waals surface area contributed by atoms with E-state index in [0.717, 1.165) is 54.4 Å². The maximum Gasteiger partial charge on any atom is 0.227 e. The molecular weight excluding hydrogens is 364 g/mol. The van der Waals surface area contributed by atoms with Gasteiger partial charge in [0.2, 0.25) is 5.91 Å². The van der Waals surface area contributed by atoms with E-state index in [4.69, 9.17) is 4.74 Å². The minimum absolute atomic E-state index is 0.00555. The van der Waals surface area contributed by atoms with Gasteiger partial charge in [0.15, 0.2) is 5.82 Å². The number of carbonyl (C=O) groups is 1. The predicted octanol–water partition coefficient (Wildman–Crippen LogP) is 4.01. The number of amides is 1. The van der Waals surface area contributed by atoms with Gasteiger partial charge in [-0.3, -0.25) is 4.79 Å². The molecule has 1 aliphatic rings. The highest BCUT2D eigenvalue weighted by Crippen LogP contribution is 2.25. The average molecular weight is 388 g/mol. The minimum Gasteiger partial charge on any atom is -0.497 e. The summed E-state index contributed by atoms with van der Waals surface area (Å²) in [6, 6.07) is 21.5. The number of ether oxygens (including phenoxy) is 1. The summed E-state index contributed by atoms with van der Waals surface area (Å²) in [6.07, 6.45) is 1.58. The number of piperidine rings is 1. The van der Waals surface area contributed by atoms with Crippen LogP contribution in [0.2, 0.25) is 0 Å². The van der Waals surface area contributed by atoms with Crippen LogP contribution < -0.4 is 15.0 Å². The number of aromatic nitrogens is 2. The molecule has 1 fully saturated rings. The molecule has 0 radical (unpaired) electrons. The van der Waals surface area contributed by atoms with Crippen LogP contribution in [0, 0.1) is 5.92 Å². The van der Waals surface area contributed by atoms with Gasteiger partial charge < -0.3 is 15.0 Å². The molecule has 6 nitrogen and oxygen atoms in total. The van der Waals surface area contributed by atoms with Crippen LogP contribution in [0.15, 0.2) is 66.7 Å². The summed E-state index contributed by atoms with van der Waals surface area (Å²) >= 11 is 0. The molecule has 0 bridgehead atoms. The van der Waals surface area contributed by atoms with E-state index >= 15 is 0 Å². The van der Waals surface area contributed by atoms with Crippen molar-refractivity contribution < 1.29 is 9.53 Å². The van der Waals surface area contributed by atoms with Gasteiger partial charge in [-0.05, 0) is 37.1 Å². The number of rotatable bonds is 5. The van der Waals surface area contributed by atoms with Crippen molar-refractivity contribution in [3.63, 3.8) is 0 Å². The van der Waals surface area contributed by atoms with Crippen LogP contribution in [-0.4, -0.2) is 36.3 Å². The van der Waals surface area contributed by atoms with Crippen LogP contribution >= 0.6 is 0 Å². The lowest BCUT2D eigenvalue weighted by atomic mass is 9.95. The molecule has 1 saturated heterocycles. The Labute approximate surface area is 170 Å². The molecule has 1 amide bonds. The monoisotopic (exact) mass is 388 g/mol. The second-order valence-electron chi connectivity index (χ2n) is 7.13. The smallest absolute Gasteiger partial charge is 0.227 e. The van der Waals surface area contributed by atoms with Crippen molar-refractivity contribution in [3.8, 4) is 17.0 Å². The van der Waals surface area contributed by atoms with Crippen molar-refractivity contribution >= 4 is 17.4 Å². The number of methoxy groups -OCH3 is 1. The van der Waals surface area contributed by atoms with E-state index in [1.807, 2.05) is 66.7 Å². The van der Waals surface area contributed by atoms with Gasteiger partial charge in [-0.1, -0.05) is 36.4 Å². The maximum absolute atomic E-state index is 12.6. The highest BCUT2D eigenvalue weighted by atomic mass is 16.5. The third kappa shape index (κ3) is 4.54. The fourth-order valence-corrected chi connectivity index (χ4v) is 3.57. The van der Waals surface area contributed by atoms with Gasteiger partial charge in [-0.15, -0.1) is 10.2 Å². The summed E-state index contributed by atoms with van der Waals surface area (Å²) in [7, 11) is 1.62. The quantitative estimate of drug-likeness (QED) is 0.715. The number of nitrogens with zero attached hydrogens (tertiary/aromatic N) is 3. The second kappa shape index (κ2) is 8.73. The van der Waals surface area contributed by atoms with E-state index in [1.165, 1.54) is 0 Å². The number of hydrogen-bond acceptors (Lipinski definition) is 5. The Kier molecular flexibility index (Phi) is 5.70. The minimum atomic E-state index is -0.00555. The second-order valence-corrected chi connectivity index (χ2v) is 7.13. The molecule has 3 aromatic rings. The molecule has 6 heteroatoms.